The van der Waals surface area contributed by atoms with Crippen molar-refractivity contribution >= 4 is 0 Å². The zero-order valence-corrected chi connectivity index (χ0v) is 12.5. The fourth-order valence-corrected chi connectivity index (χ4v) is 3.82. The number of rotatable bonds is 2. The summed E-state index contributed by atoms with van der Waals surface area (Å²) in [4.78, 5) is 20.1. The summed E-state index contributed by atoms with van der Waals surface area (Å²) >= 11 is 0. The minimum absolute atomic E-state index is 0.0550. The van der Waals surface area contributed by atoms with Crippen LogP contribution in [0.2, 0.25) is 0 Å². The molecule has 0 spiro atoms. The van der Waals surface area contributed by atoms with E-state index in [9.17, 15) is 4.79 Å². The van der Waals surface area contributed by atoms with Crippen molar-refractivity contribution in [3.63, 3.8) is 0 Å². The van der Waals surface area contributed by atoms with Gasteiger partial charge in [0.2, 0.25) is 0 Å². The smallest absolute Gasteiger partial charge is 0.254 e. The summed E-state index contributed by atoms with van der Waals surface area (Å²) in [7, 11) is 1.75. The molecule has 20 heavy (non-hydrogen) atoms. The van der Waals surface area contributed by atoms with Crippen LogP contribution < -0.4 is 5.56 Å². The average molecular weight is 276 g/mol. The Morgan fingerprint density at radius 1 is 1.30 bits per heavy atom. The van der Waals surface area contributed by atoms with Crippen LogP contribution >= 0.6 is 0 Å². The number of methoxy groups -OCH3 is 1. The van der Waals surface area contributed by atoms with E-state index >= 15 is 0 Å². The number of aromatic nitrogens is 2. The van der Waals surface area contributed by atoms with Gasteiger partial charge in [0.1, 0.15) is 11.4 Å². The number of nitrogens with one attached hydrogen (secondary N) is 1. The first-order valence-corrected chi connectivity index (χ1v) is 7.82. The molecule has 2 atom stereocenters. The van der Waals surface area contributed by atoms with E-state index in [2.05, 4.69) is 11.9 Å². The lowest BCUT2D eigenvalue weighted by Gasteiger charge is -2.38. The first kappa shape index (κ1) is 13.8. The lowest BCUT2D eigenvalue weighted by molar-refractivity contribution is -0.0649. The summed E-state index contributed by atoms with van der Waals surface area (Å²) in [6.07, 6.45) is 8.32. The maximum atomic E-state index is 12.3. The molecule has 1 fully saturated rings. The van der Waals surface area contributed by atoms with Crippen molar-refractivity contribution in [1.82, 2.24) is 9.97 Å². The van der Waals surface area contributed by atoms with Gasteiger partial charge in [0.15, 0.2) is 0 Å². The Kier molecular flexibility index (Phi) is 3.67. The SMILES string of the molecule is COC1(c2nc3c(c(=O)[nH]2)CCCC3)CCCC(C)C1. The molecule has 4 nitrogen and oxygen atoms in total. The minimum Gasteiger partial charge on any atom is -0.370 e. The Balaban J connectivity index is 2.04. The topological polar surface area (TPSA) is 55.0 Å². The van der Waals surface area contributed by atoms with Crippen molar-refractivity contribution < 1.29 is 4.74 Å². The standard InChI is InChI=1S/C16H24N2O2/c1-11-6-5-9-16(10-11,20-2)15-17-13-8-4-3-7-12(13)14(19)18-15/h11H,3-10H2,1-2H3,(H,17,18,19). The zero-order chi connectivity index (χ0) is 14.2. The summed E-state index contributed by atoms with van der Waals surface area (Å²) in [5, 5.41) is 0. The monoisotopic (exact) mass is 276 g/mol. The molecule has 1 aromatic rings. The van der Waals surface area contributed by atoms with Crippen LogP contribution in [0.5, 0.6) is 0 Å². The second-order valence-corrected chi connectivity index (χ2v) is 6.45. The highest BCUT2D eigenvalue weighted by molar-refractivity contribution is 5.22. The third-order valence-electron chi connectivity index (χ3n) is 4.97. The minimum atomic E-state index is -0.386. The molecule has 0 amide bonds. The zero-order valence-electron chi connectivity index (χ0n) is 12.5. The number of nitrogens with zero attached hydrogens (tertiary/aromatic N) is 1. The van der Waals surface area contributed by atoms with Crippen molar-refractivity contribution in [1.29, 1.82) is 0 Å². The highest BCUT2D eigenvalue weighted by Crippen LogP contribution is 2.41. The van der Waals surface area contributed by atoms with Gasteiger partial charge in [0.05, 0.1) is 5.69 Å². The van der Waals surface area contributed by atoms with Gasteiger partial charge in [-0.15, -0.1) is 0 Å². The van der Waals surface area contributed by atoms with Gasteiger partial charge in [0, 0.05) is 12.7 Å². The highest BCUT2D eigenvalue weighted by Gasteiger charge is 2.39. The summed E-state index contributed by atoms with van der Waals surface area (Å²) in [6, 6.07) is 0. The van der Waals surface area contributed by atoms with Crippen LogP contribution in [0.15, 0.2) is 4.79 Å². The fraction of sp³-hybridized carbons (Fsp3) is 0.750. The summed E-state index contributed by atoms with van der Waals surface area (Å²) < 4.78 is 5.85. The van der Waals surface area contributed by atoms with Gasteiger partial charge < -0.3 is 9.72 Å². The molecule has 0 aliphatic heterocycles. The Morgan fingerprint density at radius 2 is 2.10 bits per heavy atom. The average Bonchev–Trinajstić information content (AvgIpc) is 2.47. The van der Waals surface area contributed by atoms with Crippen LogP contribution in [-0.2, 0) is 23.2 Å². The van der Waals surface area contributed by atoms with Crippen LogP contribution in [-0.4, -0.2) is 17.1 Å². The van der Waals surface area contributed by atoms with Crippen molar-refractivity contribution in [2.75, 3.05) is 7.11 Å². The lowest BCUT2D eigenvalue weighted by Crippen LogP contribution is -2.38. The number of H-pyrrole nitrogens is 1. The summed E-state index contributed by atoms with van der Waals surface area (Å²) in [6.45, 7) is 2.25. The number of aromatic amines is 1. The summed E-state index contributed by atoms with van der Waals surface area (Å²) in [5.74, 6) is 1.38. The molecule has 1 heterocycles. The molecule has 3 rings (SSSR count). The van der Waals surface area contributed by atoms with Gasteiger partial charge >= 0.3 is 0 Å². The third-order valence-corrected chi connectivity index (χ3v) is 4.97. The Bertz CT molecular complexity index is 552. The van der Waals surface area contributed by atoms with E-state index < -0.39 is 0 Å². The second kappa shape index (κ2) is 5.32. The number of ether oxygens (including phenoxy) is 1. The highest BCUT2D eigenvalue weighted by atomic mass is 16.5. The van der Waals surface area contributed by atoms with Gasteiger partial charge in [-0.3, -0.25) is 4.79 Å². The van der Waals surface area contributed by atoms with Gasteiger partial charge in [-0.2, -0.15) is 0 Å². The number of aryl methyl sites for hydroxylation is 1. The van der Waals surface area contributed by atoms with E-state index in [1.54, 1.807) is 7.11 Å². The van der Waals surface area contributed by atoms with Crippen molar-refractivity contribution in [2.45, 2.75) is 63.9 Å². The second-order valence-electron chi connectivity index (χ2n) is 6.45. The molecule has 1 aromatic heterocycles. The Labute approximate surface area is 120 Å². The molecule has 110 valence electrons. The van der Waals surface area contributed by atoms with E-state index in [0.717, 1.165) is 62.0 Å². The first-order valence-electron chi connectivity index (χ1n) is 7.82. The maximum Gasteiger partial charge on any atom is 0.254 e. The van der Waals surface area contributed by atoms with E-state index in [0.29, 0.717) is 5.92 Å². The van der Waals surface area contributed by atoms with Crippen LogP contribution in [0.3, 0.4) is 0 Å². The van der Waals surface area contributed by atoms with E-state index in [1.165, 1.54) is 6.42 Å². The van der Waals surface area contributed by atoms with Crippen molar-refractivity contribution in [3.8, 4) is 0 Å². The number of fused-ring (bicyclic) bond motifs is 1. The van der Waals surface area contributed by atoms with Gasteiger partial charge in [0.25, 0.3) is 5.56 Å². The molecule has 4 heteroatoms. The molecule has 0 radical (unpaired) electrons. The fourth-order valence-electron chi connectivity index (χ4n) is 3.82. The molecule has 0 saturated heterocycles. The van der Waals surface area contributed by atoms with E-state index in [1.807, 2.05) is 0 Å². The van der Waals surface area contributed by atoms with Gasteiger partial charge in [-0.05, 0) is 50.9 Å². The molecule has 2 unspecified atom stereocenters. The largest absolute Gasteiger partial charge is 0.370 e. The molecule has 1 N–H and O–H groups in total. The number of hydrogen-bond donors (Lipinski definition) is 1. The normalized spacial score (nSPS) is 30.0. The van der Waals surface area contributed by atoms with Crippen LogP contribution in [0.1, 0.15) is 62.5 Å². The maximum absolute atomic E-state index is 12.3. The van der Waals surface area contributed by atoms with Crippen molar-refractivity contribution in [3.05, 3.63) is 27.4 Å². The van der Waals surface area contributed by atoms with E-state index in [4.69, 9.17) is 9.72 Å². The molecule has 2 aliphatic carbocycles. The summed E-state index contributed by atoms with van der Waals surface area (Å²) in [5.41, 5.74) is 1.57. The molecule has 0 aromatic carbocycles. The molecule has 2 aliphatic rings. The lowest BCUT2D eigenvalue weighted by atomic mass is 9.78. The van der Waals surface area contributed by atoms with Crippen LogP contribution in [0, 0.1) is 5.92 Å². The van der Waals surface area contributed by atoms with Crippen LogP contribution in [0.4, 0.5) is 0 Å². The van der Waals surface area contributed by atoms with Crippen molar-refractivity contribution in [2.24, 2.45) is 5.92 Å². The Hall–Kier alpha value is -1.16. The molecule has 1 saturated carbocycles. The van der Waals surface area contributed by atoms with Gasteiger partial charge in [-0.1, -0.05) is 13.3 Å². The Morgan fingerprint density at radius 3 is 2.85 bits per heavy atom. The predicted octanol–water partition coefficient (Wildman–Crippen LogP) is 2.70. The first-order chi connectivity index (χ1) is 9.64. The third kappa shape index (κ3) is 2.30. The predicted molar refractivity (Wildman–Crippen MR) is 77.8 cm³/mol. The van der Waals surface area contributed by atoms with E-state index in [-0.39, 0.29) is 11.2 Å². The molecule has 0 bridgehead atoms. The quantitative estimate of drug-likeness (QED) is 0.903. The molecular weight excluding hydrogens is 252 g/mol. The van der Waals surface area contributed by atoms with Crippen LogP contribution in [0.25, 0.3) is 0 Å². The molecular formula is C16H24N2O2. The van der Waals surface area contributed by atoms with Gasteiger partial charge in [-0.25, -0.2) is 4.98 Å². The number of hydrogen-bond acceptors (Lipinski definition) is 3.